The van der Waals surface area contributed by atoms with Gasteiger partial charge < -0.3 is 0 Å². The molecule has 0 fully saturated rings. The second-order valence-corrected chi connectivity index (χ2v) is 2.69. The molecule has 2 N–H and O–H groups in total. The first kappa shape index (κ1) is 10.2. The fourth-order valence-electron chi connectivity index (χ4n) is 0.398. The van der Waals surface area contributed by atoms with Crippen molar-refractivity contribution < 1.29 is 4.79 Å². The van der Waals surface area contributed by atoms with E-state index in [1.807, 2.05) is 13.8 Å². The fourth-order valence-corrected chi connectivity index (χ4v) is 0.398. The molecular weight excluding hydrogens is 140 g/mol. The minimum absolute atomic E-state index is 0.148. The number of hydrazine groups is 1. The number of carbonyl (C=O) groups excluding carboxylic acids is 1. The molecule has 11 heavy (non-hydrogen) atoms. The summed E-state index contributed by atoms with van der Waals surface area (Å²) in [5.74, 6) is -0.148. The van der Waals surface area contributed by atoms with Crippen LogP contribution in [0.15, 0.2) is 12.2 Å². The van der Waals surface area contributed by atoms with Gasteiger partial charge in [0.05, 0.1) is 0 Å². The molecule has 0 aliphatic carbocycles. The lowest BCUT2D eigenvalue weighted by Gasteiger charge is -2.11. The van der Waals surface area contributed by atoms with Crippen molar-refractivity contribution in [2.45, 2.75) is 33.2 Å². The second kappa shape index (κ2) is 4.91. The Balaban J connectivity index is 3.54. The van der Waals surface area contributed by atoms with Crippen molar-refractivity contribution in [1.82, 2.24) is 10.9 Å². The van der Waals surface area contributed by atoms with Gasteiger partial charge in [-0.1, -0.05) is 13.5 Å². The normalized spacial score (nSPS) is 12.3. The van der Waals surface area contributed by atoms with Crippen LogP contribution in [0.2, 0.25) is 0 Å². The summed E-state index contributed by atoms with van der Waals surface area (Å²) in [7, 11) is 0. The van der Waals surface area contributed by atoms with E-state index >= 15 is 0 Å². The fraction of sp³-hybridized carbons (Fsp3) is 0.625. The van der Waals surface area contributed by atoms with Crippen LogP contribution in [-0.2, 0) is 4.79 Å². The van der Waals surface area contributed by atoms with Crippen molar-refractivity contribution in [1.29, 1.82) is 0 Å². The highest BCUT2D eigenvalue weighted by Gasteiger charge is 2.01. The van der Waals surface area contributed by atoms with Gasteiger partial charge in [0.15, 0.2) is 0 Å². The van der Waals surface area contributed by atoms with Gasteiger partial charge in [0, 0.05) is 11.6 Å². The van der Waals surface area contributed by atoms with Gasteiger partial charge in [-0.25, -0.2) is 5.43 Å². The Bertz CT molecular complexity index is 154. The highest BCUT2D eigenvalue weighted by molar-refractivity contribution is 5.91. The number of hydrogen-bond donors (Lipinski definition) is 2. The standard InChI is InChI=1S/C8H16N2O/c1-5-7(4)9-10-8(11)6(2)3/h7,9H,2,5H2,1,3-4H3,(H,10,11). The maximum absolute atomic E-state index is 10.9. The number of carbonyl (C=O) groups is 1. The summed E-state index contributed by atoms with van der Waals surface area (Å²) in [6.07, 6.45) is 0.983. The molecule has 64 valence electrons. The van der Waals surface area contributed by atoms with Crippen LogP contribution >= 0.6 is 0 Å². The van der Waals surface area contributed by atoms with Gasteiger partial charge in [-0.05, 0) is 20.3 Å². The monoisotopic (exact) mass is 156 g/mol. The van der Waals surface area contributed by atoms with E-state index in [0.29, 0.717) is 11.6 Å². The van der Waals surface area contributed by atoms with Crippen LogP contribution < -0.4 is 10.9 Å². The van der Waals surface area contributed by atoms with Crippen molar-refractivity contribution in [3.8, 4) is 0 Å². The van der Waals surface area contributed by atoms with E-state index in [1.54, 1.807) is 6.92 Å². The van der Waals surface area contributed by atoms with E-state index in [1.165, 1.54) is 0 Å². The molecule has 3 nitrogen and oxygen atoms in total. The minimum atomic E-state index is -0.148. The molecule has 0 rings (SSSR count). The van der Waals surface area contributed by atoms with E-state index in [2.05, 4.69) is 17.4 Å². The molecule has 0 aliphatic rings. The molecule has 0 heterocycles. The summed E-state index contributed by atoms with van der Waals surface area (Å²) in [4.78, 5) is 10.9. The summed E-state index contributed by atoms with van der Waals surface area (Å²) in [5, 5.41) is 0. The Labute approximate surface area is 67.8 Å². The van der Waals surface area contributed by atoms with Gasteiger partial charge in [-0.2, -0.15) is 0 Å². The zero-order valence-electron chi connectivity index (χ0n) is 7.40. The molecule has 1 atom stereocenters. The van der Waals surface area contributed by atoms with Crippen molar-refractivity contribution in [2.75, 3.05) is 0 Å². The molecule has 0 aromatic carbocycles. The van der Waals surface area contributed by atoms with Crippen LogP contribution in [0.5, 0.6) is 0 Å². The summed E-state index contributed by atoms with van der Waals surface area (Å²) in [6, 6.07) is 0.304. The maximum atomic E-state index is 10.9. The quantitative estimate of drug-likeness (QED) is 0.470. The third-order valence-electron chi connectivity index (χ3n) is 1.43. The van der Waals surface area contributed by atoms with Gasteiger partial charge >= 0.3 is 0 Å². The SMILES string of the molecule is C=C(C)C(=O)NNC(C)CC. The number of nitrogens with one attached hydrogen (secondary N) is 2. The van der Waals surface area contributed by atoms with Crippen molar-refractivity contribution in [2.24, 2.45) is 0 Å². The Kier molecular flexibility index (Phi) is 4.54. The van der Waals surface area contributed by atoms with Crippen LogP contribution in [0.25, 0.3) is 0 Å². The molecule has 0 aromatic heterocycles. The largest absolute Gasteiger partial charge is 0.288 e. The Morgan fingerprint density at radius 1 is 1.64 bits per heavy atom. The summed E-state index contributed by atoms with van der Waals surface area (Å²) in [6.45, 7) is 9.23. The second-order valence-electron chi connectivity index (χ2n) is 2.69. The highest BCUT2D eigenvalue weighted by Crippen LogP contribution is 1.87. The van der Waals surface area contributed by atoms with E-state index in [9.17, 15) is 4.79 Å². The molecule has 0 radical (unpaired) electrons. The van der Waals surface area contributed by atoms with Gasteiger partial charge in [-0.15, -0.1) is 0 Å². The van der Waals surface area contributed by atoms with Crippen LogP contribution in [0.4, 0.5) is 0 Å². The number of amides is 1. The number of hydrogen-bond acceptors (Lipinski definition) is 2. The van der Waals surface area contributed by atoms with Gasteiger partial charge in [0.25, 0.3) is 5.91 Å². The lowest BCUT2D eigenvalue weighted by Crippen LogP contribution is -2.42. The summed E-state index contributed by atoms with van der Waals surface area (Å²) >= 11 is 0. The molecule has 0 bridgehead atoms. The van der Waals surface area contributed by atoms with Crippen LogP contribution in [0.3, 0.4) is 0 Å². The average molecular weight is 156 g/mol. The van der Waals surface area contributed by atoms with Crippen LogP contribution in [-0.4, -0.2) is 11.9 Å². The zero-order chi connectivity index (χ0) is 8.85. The zero-order valence-corrected chi connectivity index (χ0v) is 7.40. The Morgan fingerprint density at radius 2 is 2.18 bits per heavy atom. The maximum Gasteiger partial charge on any atom is 0.260 e. The topological polar surface area (TPSA) is 41.1 Å². The molecule has 1 amide bonds. The summed E-state index contributed by atoms with van der Waals surface area (Å²) < 4.78 is 0. The van der Waals surface area contributed by atoms with Crippen molar-refractivity contribution in [3.05, 3.63) is 12.2 Å². The molecule has 0 aliphatic heterocycles. The van der Waals surface area contributed by atoms with Gasteiger partial charge in [-0.3, -0.25) is 10.2 Å². The smallest absolute Gasteiger partial charge is 0.260 e. The third kappa shape index (κ3) is 4.56. The first-order valence-corrected chi connectivity index (χ1v) is 3.79. The molecule has 3 heteroatoms. The van der Waals surface area contributed by atoms with Crippen LogP contribution in [0, 0.1) is 0 Å². The molecule has 0 saturated heterocycles. The van der Waals surface area contributed by atoms with Crippen LogP contribution in [0.1, 0.15) is 27.2 Å². The van der Waals surface area contributed by atoms with Crippen molar-refractivity contribution in [3.63, 3.8) is 0 Å². The summed E-state index contributed by atoms with van der Waals surface area (Å²) in [5.41, 5.74) is 5.91. The molecular formula is C8H16N2O. The Morgan fingerprint density at radius 3 is 2.55 bits per heavy atom. The van der Waals surface area contributed by atoms with E-state index < -0.39 is 0 Å². The number of rotatable bonds is 4. The molecule has 1 unspecified atom stereocenters. The molecule has 0 spiro atoms. The Hall–Kier alpha value is -0.830. The predicted molar refractivity (Wildman–Crippen MR) is 45.8 cm³/mol. The van der Waals surface area contributed by atoms with Gasteiger partial charge in [0.2, 0.25) is 0 Å². The highest BCUT2D eigenvalue weighted by atomic mass is 16.2. The molecule has 0 saturated carbocycles. The lowest BCUT2D eigenvalue weighted by atomic mass is 10.3. The van der Waals surface area contributed by atoms with Gasteiger partial charge in [0.1, 0.15) is 0 Å². The van der Waals surface area contributed by atoms with E-state index in [-0.39, 0.29) is 5.91 Å². The minimum Gasteiger partial charge on any atom is -0.288 e. The van der Waals surface area contributed by atoms with E-state index in [0.717, 1.165) is 6.42 Å². The van der Waals surface area contributed by atoms with Crippen molar-refractivity contribution >= 4 is 5.91 Å². The van der Waals surface area contributed by atoms with E-state index in [4.69, 9.17) is 0 Å². The molecule has 0 aromatic rings. The third-order valence-corrected chi connectivity index (χ3v) is 1.43. The predicted octanol–water partition coefficient (Wildman–Crippen LogP) is 0.982. The first-order chi connectivity index (χ1) is 5.07. The lowest BCUT2D eigenvalue weighted by molar-refractivity contribution is -0.118. The first-order valence-electron chi connectivity index (χ1n) is 3.79. The average Bonchev–Trinajstić information content (AvgIpc) is 1.99.